The predicted molar refractivity (Wildman–Crippen MR) is 69.0 cm³/mol. The molecule has 0 aliphatic carbocycles. The van der Waals surface area contributed by atoms with E-state index in [1.807, 2.05) is 0 Å². The highest BCUT2D eigenvalue weighted by molar-refractivity contribution is 7.89. The molecule has 1 saturated heterocycles. The summed E-state index contributed by atoms with van der Waals surface area (Å²) in [5, 5.41) is 0. The minimum Gasteiger partial charge on any atom is -0.406 e. The van der Waals surface area contributed by atoms with Crippen LogP contribution in [-0.4, -0.2) is 38.7 Å². The van der Waals surface area contributed by atoms with Gasteiger partial charge in [0.25, 0.3) is 0 Å². The van der Waals surface area contributed by atoms with E-state index in [1.54, 1.807) is 0 Å². The molecule has 0 unspecified atom stereocenters. The normalized spacial score (nSPS) is 20.7. The van der Waals surface area contributed by atoms with Crippen LogP contribution in [0, 0.1) is 5.92 Å². The summed E-state index contributed by atoms with van der Waals surface area (Å²) in [6, 6.07) is 4.17. The summed E-state index contributed by atoms with van der Waals surface area (Å²) in [7, 11) is -3.70. The average Bonchev–Trinajstić information content (AvgIpc) is 2.87. The van der Waals surface area contributed by atoms with Gasteiger partial charge in [0.15, 0.2) is 0 Å². The van der Waals surface area contributed by atoms with Crippen LogP contribution in [0.3, 0.4) is 0 Å². The first-order valence-electron chi connectivity index (χ1n) is 6.28. The van der Waals surface area contributed by atoms with Crippen LogP contribution >= 0.6 is 0 Å². The van der Waals surface area contributed by atoms with Gasteiger partial charge in [0, 0.05) is 13.1 Å². The van der Waals surface area contributed by atoms with Crippen molar-refractivity contribution in [1.29, 1.82) is 0 Å². The van der Waals surface area contributed by atoms with Gasteiger partial charge >= 0.3 is 6.36 Å². The Bertz CT molecular complexity index is 587. The zero-order valence-corrected chi connectivity index (χ0v) is 11.8. The van der Waals surface area contributed by atoms with E-state index in [4.69, 9.17) is 5.73 Å². The topological polar surface area (TPSA) is 72.6 Å². The molecule has 0 aromatic heterocycles. The molecule has 21 heavy (non-hydrogen) atoms. The van der Waals surface area contributed by atoms with Gasteiger partial charge in [-0.2, -0.15) is 4.31 Å². The molecule has 1 atom stereocenters. The molecule has 0 saturated carbocycles. The Kier molecular flexibility index (Phi) is 4.45. The third-order valence-electron chi connectivity index (χ3n) is 3.28. The first-order chi connectivity index (χ1) is 9.72. The van der Waals surface area contributed by atoms with Gasteiger partial charge in [-0.1, -0.05) is 0 Å². The van der Waals surface area contributed by atoms with Gasteiger partial charge in [0.2, 0.25) is 10.0 Å². The van der Waals surface area contributed by atoms with E-state index in [1.165, 1.54) is 4.31 Å². The third-order valence-corrected chi connectivity index (χ3v) is 5.16. The zero-order valence-electron chi connectivity index (χ0n) is 11.0. The van der Waals surface area contributed by atoms with Crippen LogP contribution in [-0.2, 0) is 10.0 Å². The number of nitrogens with zero attached hydrogens (tertiary/aromatic N) is 1. The van der Waals surface area contributed by atoms with Crippen molar-refractivity contribution < 1.29 is 26.3 Å². The fourth-order valence-electron chi connectivity index (χ4n) is 2.17. The average molecular weight is 324 g/mol. The van der Waals surface area contributed by atoms with Gasteiger partial charge < -0.3 is 10.5 Å². The van der Waals surface area contributed by atoms with Crippen molar-refractivity contribution in [2.24, 2.45) is 11.7 Å². The molecule has 2 N–H and O–H groups in total. The Balaban J connectivity index is 2.14. The third kappa shape index (κ3) is 3.86. The van der Waals surface area contributed by atoms with Crippen molar-refractivity contribution in [3.63, 3.8) is 0 Å². The summed E-state index contributed by atoms with van der Waals surface area (Å²) in [5.74, 6) is -0.338. The molecule has 1 aliphatic rings. The summed E-state index contributed by atoms with van der Waals surface area (Å²) in [6.45, 7) is 1.11. The van der Waals surface area contributed by atoms with Gasteiger partial charge in [-0.05, 0) is 43.1 Å². The fourth-order valence-corrected chi connectivity index (χ4v) is 3.70. The summed E-state index contributed by atoms with van der Waals surface area (Å²) < 4.78 is 65.8. The van der Waals surface area contributed by atoms with Crippen molar-refractivity contribution in [2.45, 2.75) is 17.7 Å². The Morgan fingerprint density at radius 3 is 2.38 bits per heavy atom. The second kappa shape index (κ2) is 5.82. The lowest BCUT2D eigenvalue weighted by Gasteiger charge is -2.16. The lowest BCUT2D eigenvalue weighted by Crippen LogP contribution is -2.30. The smallest absolute Gasteiger partial charge is 0.406 e. The number of ether oxygens (including phenoxy) is 1. The molecule has 0 amide bonds. The van der Waals surface area contributed by atoms with E-state index in [-0.39, 0.29) is 10.8 Å². The Labute approximate surface area is 120 Å². The molecule has 0 bridgehead atoms. The summed E-state index contributed by atoms with van der Waals surface area (Å²) in [5.41, 5.74) is 5.51. The van der Waals surface area contributed by atoms with Gasteiger partial charge in [-0.3, -0.25) is 0 Å². The van der Waals surface area contributed by atoms with Crippen molar-refractivity contribution in [1.82, 2.24) is 4.31 Å². The molecule has 5 nitrogen and oxygen atoms in total. The van der Waals surface area contributed by atoms with Crippen LogP contribution < -0.4 is 10.5 Å². The Morgan fingerprint density at radius 1 is 1.29 bits per heavy atom. The van der Waals surface area contributed by atoms with E-state index < -0.39 is 22.1 Å². The molecule has 1 heterocycles. The quantitative estimate of drug-likeness (QED) is 0.912. The Morgan fingerprint density at radius 2 is 1.90 bits per heavy atom. The number of nitrogens with two attached hydrogens (primary N) is 1. The van der Waals surface area contributed by atoms with Crippen molar-refractivity contribution >= 4 is 10.0 Å². The lowest BCUT2D eigenvalue weighted by molar-refractivity contribution is -0.274. The SMILES string of the molecule is NC[C@H]1CCN(S(=O)(=O)c2ccc(OC(F)(F)F)cc2)C1. The number of benzene rings is 1. The maximum absolute atomic E-state index is 12.3. The number of halogens is 3. The van der Waals surface area contributed by atoms with E-state index in [2.05, 4.69) is 4.74 Å². The van der Waals surface area contributed by atoms with Gasteiger partial charge in [-0.15, -0.1) is 13.2 Å². The minimum atomic E-state index is -4.80. The molecule has 118 valence electrons. The maximum atomic E-state index is 12.3. The minimum absolute atomic E-state index is 0.0605. The standard InChI is InChI=1S/C12H15F3N2O3S/c13-12(14,15)20-10-1-3-11(4-2-10)21(18,19)17-6-5-9(7-16)8-17/h1-4,9H,5-8,16H2/t9-/m1/s1. The monoisotopic (exact) mass is 324 g/mol. The van der Waals surface area contributed by atoms with Crippen LogP contribution in [0.25, 0.3) is 0 Å². The van der Waals surface area contributed by atoms with Crippen LogP contribution in [0.4, 0.5) is 13.2 Å². The molecule has 1 fully saturated rings. The van der Waals surface area contributed by atoms with E-state index in [9.17, 15) is 21.6 Å². The van der Waals surface area contributed by atoms with E-state index in [0.29, 0.717) is 26.1 Å². The highest BCUT2D eigenvalue weighted by Gasteiger charge is 2.33. The first kappa shape index (κ1) is 16.1. The molecule has 0 radical (unpaired) electrons. The number of sulfonamides is 1. The zero-order chi connectivity index (χ0) is 15.7. The number of rotatable bonds is 4. The molecule has 1 aromatic carbocycles. The number of hydrogen-bond donors (Lipinski definition) is 1. The number of hydrogen-bond acceptors (Lipinski definition) is 4. The fraction of sp³-hybridized carbons (Fsp3) is 0.500. The molecular formula is C12H15F3N2O3S. The van der Waals surface area contributed by atoms with Crippen molar-refractivity contribution in [3.05, 3.63) is 24.3 Å². The molecule has 1 aromatic rings. The molecule has 9 heteroatoms. The highest BCUT2D eigenvalue weighted by atomic mass is 32.2. The molecule has 0 spiro atoms. The molecule has 2 rings (SSSR count). The maximum Gasteiger partial charge on any atom is 0.573 e. The molecular weight excluding hydrogens is 309 g/mol. The van der Waals surface area contributed by atoms with Crippen LogP contribution in [0.5, 0.6) is 5.75 Å². The molecule has 1 aliphatic heterocycles. The van der Waals surface area contributed by atoms with Gasteiger partial charge in [-0.25, -0.2) is 8.42 Å². The predicted octanol–water partition coefficient (Wildman–Crippen LogP) is 1.55. The summed E-state index contributed by atoms with van der Waals surface area (Å²) >= 11 is 0. The summed E-state index contributed by atoms with van der Waals surface area (Å²) in [6.07, 6.45) is -4.12. The van der Waals surface area contributed by atoms with Crippen molar-refractivity contribution in [2.75, 3.05) is 19.6 Å². The largest absolute Gasteiger partial charge is 0.573 e. The van der Waals surface area contributed by atoms with Gasteiger partial charge in [0.05, 0.1) is 4.90 Å². The van der Waals surface area contributed by atoms with Crippen LogP contribution in [0.1, 0.15) is 6.42 Å². The summed E-state index contributed by atoms with van der Waals surface area (Å²) in [4.78, 5) is -0.0605. The second-order valence-electron chi connectivity index (χ2n) is 4.77. The van der Waals surface area contributed by atoms with E-state index >= 15 is 0 Å². The first-order valence-corrected chi connectivity index (χ1v) is 7.72. The van der Waals surface area contributed by atoms with Crippen LogP contribution in [0.15, 0.2) is 29.2 Å². The second-order valence-corrected chi connectivity index (χ2v) is 6.71. The van der Waals surface area contributed by atoms with E-state index in [0.717, 1.165) is 24.3 Å². The highest BCUT2D eigenvalue weighted by Crippen LogP contribution is 2.27. The van der Waals surface area contributed by atoms with Crippen molar-refractivity contribution in [3.8, 4) is 5.75 Å². The van der Waals surface area contributed by atoms with Gasteiger partial charge in [0.1, 0.15) is 5.75 Å². The number of alkyl halides is 3. The van der Waals surface area contributed by atoms with Crippen LogP contribution in [0.2, 0.25) is 0 Å². The lowest BCUT2D eigenvalue weighted by atomic mass is 10.1. The Hall–Kier alpha value is -1.32.